The average molecular weight is 319 g/mol. The summed E-state index contributed by atoms with van der Waals surface area (Å²) in [5.74, 6) is 0.00612. The minimum absolute atomic E-state index is 0.00612. The van der Waals surface area contributed by atoms with Crippen molar-refractivity contribution in [2.24, 2.45) is 0 Å². The van der Waals surface area contributed by atoms with E-state index in [0.717, 1.165) is 29.0 Å². The second kappa shape index (κ2) is 7.13. The van der Waals surface area contributed by atoms with Gasteiger partial charge in [-0.3, -0.25) is 4.79 Å². The van der Waals surface area contributed by atoms with E-state index in [4.69, 9.17) is 0 Å². The minimum Gasteiger partial charge on any atom is -0.348 e. The standard InChI is InChI=1S/C12H19BrN2OS/c1-4-15(5-2)7-9(3)14-12(16)10-6-11(13)17-8-10/h6,8-9H,4-5,7H2,1-3H3,(H,14,16). The summed E-state index contributed by atoms with van der Waals surface area (Å²) in [4.78, 5) is 14.2. The first-order valence-corrected chi connectivity index (χ1v) is 7.51. The lowest BCUT2D eigenvalue weighted by atomic mass is 10.2. The molecule has 1 unspecified atom stereocenters. The molecule has 1 N–H and O–H groups in total. The van der Waals surface area contributed by atoms with Gasteiger partial charge in [0.25, 0.3) is 5.91 Å². The number of hydrogen-bond acceptors (Lipinski definition) is 3. The first kappa shape index (κ1) is 14.7. The highest BCUT2D eigenvalue weighted by atomic mass is 79.9. The van der Waals surface area contributed by atoms with E-state index in [2.05, 4.69) is 40.0 Å². The molecule has 0 aliphatic heterocycles. The van der Waals surface area contributed by atoms with Crippen molar-refractivity contribution in [3.05, 3.63) is 20.8 Å². The number of rotatable bonds is 6. The van der Waals surface area contributed by atoms with Crippen LogP contribution in [0.25, 0.3) is 0 Å². The molecule has 1 rings (SSSR count). The SMILES string of the molecule is CCN(CC)CC(C)NC(=O)c1csc(Br)c1. The molecular weight excluding hydrogens is 300 g/mol. The zero-order chi connectivity index (χ0) is 12.8. The van der Waals surface area contributed by atoms with E-state index in [1.165, 1.54) is 11.3 Å². The Hall–Kier alpha value is -0.390. The van der Waals surface area contributed by atoms with Crippen LogP contribution in [0, 0.1) is 0 Å². The van der Waals surface area contributed by atoms with Crippen LogP contribution in [-0.4, -0.2) is 36.5 Å². The van der Waals surface area contributed by atoms with Crippen LogP contribution >= 0.6 is 27.3 Å². The van der Waals surface area contributed by atoms with Crippen LogP contribution < -0.4 is 5.32 Å². The van der Waals surface area contributed by atoms with Crippen molar-refractivity contribution in [3.63, 3.8) is 0 Å². The number of carbonyl (C=O) groups excluding carboxylic acids is 1. The van der Waals surface area contributed by atoms with E-state index in [9.17, 15) is 4.79 Å². The molecule has 0 saturated heterocycles. The summed E-state index contributed by atoms with van der Waals surface area (Å²) in [6.45, 7) is 9.23. The van der Waals surface area contributed by atoms with Crippen LogP contribution in [0.3, 0.4) is 0 Å². The summed E-state index contributed by atoms with van der Waals surface area (Å²) < 4.78 is 0.985. The van der Waals surface area contributed by atoms with Crippen molar-refractivity contribution in [3.8, 4) is 0 Å². The molecule has 5 heteroatoms. The van der Waals surface area contributed by atoms with Crippen LogP contribution in [0.4, 0.5) is 0 Å². The van der Waals surface area contributed by atoms with E-state index in [1.807, 2.05) is 18.4 Å². The quantitative estimate of drug-likeness (QED) is 0.874. The molecule has 1 amide bonds. The third-order valence-corrected chi connectivity index (χ3v) is 4.14. The highest BCUT2D eigenvalue weighted by Gasteiger charge is 2.13. The Kier molecular flexibility index (Phi) is 6.16. The molecule has 0 fully saturated rings. The Morgan fingerprint density at radius 1 is 1.53 bits per heavy atom. The zero-order valence-corrected chi connectivity index (χ0v) is 12.9. The van der Waals surface area contributed by atoms with Gasteiger partial charge in [-0.2, -0.15) is 0 Å². The number of amides is 1. The van der Waals surface area contributed by atoms with Gasteiger partial charge in [0.1, 0.15) is 0 Å². The van der Waals surface area contributed by atoms with Gasteiger partial charge >= 0.3 is 0 Å². The lowest BCUT2D eigenvalue weighted by Gasteiger charge is -2.23. The number of thiophene rings is 1. The Labute approximate surface area is 115 Å². The van der Waals surface area contributed by atoms with E-state index in [1.54, 1.807) is 0 Å². The highest BCUT2D eigenvalue weighted by Crippen LogP contribution is 2.20. The zero-order valence-electron chi connectivity index (χ0n) is 10.5. The van der Waals surface area contributed by atoms with Gasteiger partial charge in [0.05, 0.1) is 9.35 Å². The van der Waals surface area contributed by atoms with Crippen LogP contribution in [0.15, 0.2) is 15.2 Å². The molecule has 1 aromatic heterocycles. The Balaban J connectivity index is 2.45. The molecule has 1 aromatic rings. The number of likely N-dealkylation sites (N-methyl/N-ethyl adjacent to an activating group) is 1. The monoisotopic (exact) mass is 318 g/mol. The van der Waals surface area contributed by atoms with Crippen LogP contribution in [0.5, 0.6) is 0 Å². The van der Waals surface area contributed by atoms with Gasteiger partial charge in [-0.15, -0.1) is 11.3 Å². The lowest BCUT2D eigenvalue weighted by Crippen LogP contribution is -2.41. The summed E-state index contributed by atoms with van der Waals surface area (Å²) >= 11 is 4.89. The molecule has 0 aliphatic carbocycles. The van der Waals surface area contributed by atoms with Gasteiger partial charge in [0.15, 0.2) is 0 Å². The van der Waals surface area contributed by atoms with E-state index >= 15 is 0 Å². The molecule has 0 aromatic carbocycles. The molecule has 0 bridgehead atoms. The Morgan fingerprint density at radius 2 is 2.18 bits per heavy atom. The second-order valence-electron chi connectivity index (χ2n) is 4.00. The first-order valence-electron chi connectivity index (χ1n) is 5.84. The fraction of sp³-hybridized carbons (Fsp3) is 0.583. The third-order valence-electron chi connectivity index (χ3n) is 2.63. The van der Waals surface area contributed by atoms with Gasteiger partial charge in [-0.05, 0) is 42.0 Å². The molecular formula is C12H19BrN2OS. The summed E-state index contributed by atoms with van der Waals surface area (Å²) in [6.07, 6.45) is 0. The normalized spacial score (nSPS) is 12.8. The average Bonchev–Trinajstić information content (AvgIpc) is 2.72. The smallest absolute Gasteiger partial charge is 0.252 e. The van der Waals surface area contributed by atoms with Crippen molar-refractivity contribution >= 4 is 33.2 Å². The van der Waals surface area contributed by atoms with E-state index in [-0.39, 0.29) is 11.9 Å². The molecule has 1 heterocycles. The largest absolute Gasteiger partial charge is 0.348 e. The number of nitrogens with one attached hydrogen (secondary N) is 1. The topological polar surface area (TPSA) is 32.3 Å². The van der Waals surface area contributed by atoms with Gasteiger partial charge in [-0.1, -0.05) is 13.8 Å². The van der Waals surface area contributed by atoms with Crippen molar-refractivity contribution < 1.29 is 4.79 Å². The first-order chi connectivity index (χ1) is 8.06. The molecule has 96 valence electrons. The van der Waals surface area contributed by atoms with Gasteiger partial charge in [-0.25, -0.2) is 0 Å². The number of halogens is 1. The predicted molar refractivity (Wildman–Crippen MR) is 76.7 cm³/mol. The number of nitrogens with zero attached hydrogens (tertiary/aromatic N) is 1. The molecule has 0 radical (unpaired) electrons. The Bertz CT molecular complexity index is 363. The molecule has 0 aliphatic rings. The molecule has 0 spiro atoms. The minimum atomic E-state index is 0.00612. The highest BCUT2D eigenvalue weighted by molar-refractivity contribution is 9.11. The van der Waals surface area contributed by atoms with Gasteiger partial charge in [0, 0.05) is 18.0 Å². The summed E-state index contributed by atoms with van der Waals surface area (Å²) in [5, 5.41) is 4.88. The fourth-order valence-electron chi connectivity index (χ4n) is 1.65. The van der Waals surface area contributed by atoms with Crippen molar-refractivity contribution in [1.82, 2.24) is 10.2 Å². The maximum absolute atomic E-state index is 11.9. The van der Waals surface area contributed by atoms with Crippen molar-refractivity contribution in [2.45, 2.75) is 26.8 Å². The van der Waals surface area contributed by atoms with Crippen LogP contribution in [0.1, 0.15) is 31.1 Å². The van der Waals surface area contributed by atoms with E-state index in [0.29, 0.717) is 0 Å². The lowest BCUT2D eigenvalue weighted by molar-refractivity contribution is 0.0931. The number of hydrogen-bond donors (Lipinski definition) is 1. The van der Waals surface area contributed by atoms with E-state index < -0.39 is 0 Å². The Morgan fingerprint density at radius 3 is 2.65 bits per heavy atom. The maximum Gasteiger partial charge on any atom is 0.252 e. The molecule has 0 saturated carbocycles. The predicted octanol–water partition coefficient (Wildman–Crippen LogP) is 2.97. The fourth-order valence-corrected chi connectivity index (χ4v) is 2.79. The molecule has 3 nitrogen and oxygen atoms in total. The van der Waals surface area contributed by atoms with Crippen LogP contribution in [0.2, 0.25) is 0 Å². The second-order valence-corrected chi connectivity index (χ2v) is 6.29. The van der Waals surface area contributed by atoms with Gasteiger partial charge in [0.2, 0.25) is 0 Å². The summed E-state index contributed by atoms with van der Waals surface area (Å²) in [5.41, 5.74) is 0.730. The maximum atomic E-state index is 11.9. The van der Waals surface area contributed by atoms with Gasteiger partial charge < -0.3 is 10.2 Å². The van der Waals surface area contributed by atoms with Crippen molar-refractivity contribution in [1.29, 1.82) is 0 Å². The number of carbonyl (C=O) groups is 1. The third kappa shape index (κ3) is 4.77. The summed E-state index contributed by atoms with van der Waals surface area (Å²) in [6, 6.07) is 2.02. The molecule has 17 heavy (non-hydrogen) atoms. The summed E-state index contributed by atoms with van der Waals surface area (Å²) in [7, 11) is 0. The van der Waals surface area contributed by atoms with Crippen LogP contribution in [-0.2, 0) is 0 Å². The molecule has 1 atom stereocenters. The van der Waals surface area contributed by atoms with Crippen molar-refractivity contribution in [2.75, 3.05) is 19.6 Å².